The highest BCUT2D eigenvalue weighted by Gasteiger charge is 2.21. The summed E-state index contributed by atoms with van der Waals surface area (Å²) >= 11 is 5.25. The molecule has 1 aromatic rings. The van der Waals surface area contributed by atoms with Gasteiger partial charge in [-0.2, -0.15) is 0 Å². The number of hydrogen-bond donors (Lipinski definition) is 1. The van der Waals surface area contributed by atoms with Crippen LogP contribution in [-0.4, -0.2) is 24.6 Å². The minimum Gasteiger partial charge on any atom is -0.424 e. The third-order valence-electron chi connectivity index (χ3n) is 1.86. The highest BCUT2D eigenvalue weighted by atomic mass is 32.5. The number of oxime groups is 1. The van der Waals surface area contributed by atoms with Crippen molar-refractivity contribution in [2.45, 2.75) is 13.8 Å². The van der Waals surface area contributed by atoms with Crippen molar-refractivity contribution in [3.8, 4) is 5.75 Å². The van der Waals surface area contributed by atoms with Crippen molar-refractivity contribution >= 4 is 24.7 Å². The van der Waals surface area contributed by atoms with Crippen LogP contribution in [0.15, 0.2) is 29.4 Å². The zero-order chi connectivity index (χ0) is 13.4. The molecule has 0 radical (unpaired) electrons. The molecule has 0 unspecified atom stereocenters. The molecule has 18 heavy (non-hydrogen) atoms. The fraction of sp³-hybridized carbons (Fsp3) is 0.364. The van der Waals surface area contributed by atoms with Gasteiger partial charge in [0.05, 0.1) is 19.4 Å². The Hall–Kier alpha value is -0.940. The van der Waals surface area contributed by atoms with E-state index in [1.807, 2.05) is 13.8 Å². The Kier molecular flexibility index (Phi) is 6.29. The predicted octanol–water partition coefficient (Wildman–Crippen LogP) is 3.17. The standard InChI is InChI=1S/C11H16NO4PS/c1-3-14-17(18,15-4-2)16-11-7-5-6-10(8-11)9-12-13/h5-9,13H,3-4H2,1-2H3/b12-9-. The van der Waals surface area contributed by atoms with E-state index >= 15 is 0 Å². The Bertz CT molecular complexity index is 442. The number of nitrogens with zero attached hydrogens (tertiary/aromatic N) is 1. The normalized spacial score (nSPS) is 11.9. The first-order valence-corrected chi connectivity index (χ1v) is 8.05. The monoisotopic (exact) mass is 289 g/mol. The van der Waals surface area contributed by atoms with Gasteiger partial charge in [0, 0.05) is 11.8 Å². The Morgan fingerprint density at radius 2 is 2.00 bits per heavy atom. The van der Waals surface area contributed by atoms with Gasteiger partial charge < -0.3 is 9.73 Å². The summed E-state index contributed by atoms with van der Waals surface area (Å²) in [5.41, 5.74) is 0.699. The van der Waals surface area contributed by atoms with E-state index < -0.39 is 6.72 Å². The summed E-state index contributed by atoms with van der Waals surface area (Å²) in [7, 11) is 0. The minimum atomic E-state index is -2.75. The van der Waals surface area contributed by atoms with E-state index in [1.54, 1.807) is 24.3 Å². The van der Waals surface area contributed by atoms with Gasteiger partial charge in [-0.1, -0.05) is 17.3 Å². The lowest BCUT2D eigenvalue weighted by atomic mass is 10.2. The van der Waals surface area contributed by atoms with Gasteiger partial charge in [-0.3, -0.25) is 9.05 Å². The molecule has 0 bridgehead atoms. The van der Waals surface area contributed by atoms with Crippen molar-refractivity contribution in [3.05, 3.63) is 29.8 Å². The molecule has 1 aromatic carbocycles. The quantitative estimate of drug-likeness (QED) is 0.361. The van der Waals surface area contributed by atoms with E-state index in [-0.39, 0.29) is 0 Å². The average Bonchev–Trinajstić information content (AvgIpc) is 2.30. The Morgan fingerprint density at radius 1 is 1.33 bits per heavy atom. The van der Waals surface area contributed by atoms with Crippen LogP contribution in [-0.2, 0) is 20.9 Å². The van der Waals surface area contributed by atoms with E-state index in [9.17, 15) is 0 Å². The Balaban J connectivity index is 2.86. The van der Waals surface area contributed by atoms with Crippen LogP contribution in [0.3, 0.4) is 0 Å². The Labute approximate surface area is 112 Å². The molecular weight excluding hydrogens is 273 g/mol. The topological polar surface area (TPSA) is 60.3 Å². The van der Waals surface area contributed by atoms with Crippen LogP contribution >= 0.6 is 6.72 Å². The molecule has 0 saturated heterocycles. The zero-order valence-corrected chi connectivity index (χ0v) is 12.0. The first-order valence-electron chi connectivity index (χ1n) is 5.49. The molecule has 0 atom stereocenters. The fourth-order valence-electron chi connectivity index (χ4n) is 1.25. The molecule has 7 heteroatoms. The molecule has 0 heterocycles. The van der Waals surface area contributed by atoms with Crippen LogP contribution in [0.2, 0.25) is 0 Å². The second-order valence-electron chi connectivity index (χ2n) is 3.19. The molecule has 0 aromatic heterocycles. The van der Waals surface area contributed by atoms with Crippen molar-refractivity contribution in [1.29, 1.82) is 0 Å². The van der Waals surface area contributed by atoms with Crippen molar-refractivity contribution in [2.75, 3.05) is 13.2 Å². The van der Waals surface area contributed by atoms with Crippen LogP contribution < -0.4 is 4.52 Å². The summed E-state index contributed by atoms with van der Waals surface area (Å²) in [6, 6.07) is 6.98. The van der Waals surface area contributed by atoms with Gasteiger partial charge in [0.15, 0.2) is 0 Å². The van der Waals surface area contributed by atoms with Gasteiger partial charge in [0.2, 0.25) is 0 Å². The summed E-state index contributed by atoms with van der Waals surface area (Å²) in [6.45, 7) is 1.76. The molecule has 1 N–H and O–H groups in total. The maximum absolute atomic E-state index is 8.48. The van der Waals surface area contributed by atoms with E-state index in [0.717, 1.165) is 0 Å². The number of rotatable bonds is 7. The lowest BCUT2D eigenvalue weighted by Gasteiger charge is -2.21. The van der Waals surface area contributed by atoms with Crippen molar-refractivity contribution in [3.63, 3.8) is 0 Å². The molecule has 0 aliphatic heterocycles. The number of benzene rings is 1. The summed E-state index contributed by atoms with van der Waals surface area (Å²) in [5, 5.41) is 11.4. The number of hydrogen-bond acceptors (Lipinski definition) is 6. The fourth-order valence-corrected chi connectivity index (χ4v) is 3.33. The van der Waals surface area contributed by atoms with Gasteiger partial charge in [-0.15, -0.1) is 0 Å². The second kappa shape index (κ2) is 7.48. The van der Waals surface area contributed by atoms with Crippen LogP contribution in [0.1, 0.15) is 19.4 Å². The molecular formula is C11H16NO4PS. The maximum atomic E-state index is 8.48. The van der Waals surface area contributed by atoms with Gasteiger partial charge in [-0.25, -0.2) is 0 Å². The molecule has 5 nitrogen and oxygen atoms in total. The zero-order valence-electron chi connectivity index (χ0n) is 10.3. The molecule has 0 fully saturated rings. The summed E-state index contributed by atoms with van der Waals surface area (Å²) < 4.78 is 16.4. The highest BCUT2D eigenvalue weighted by Crippen LogP contribution is 2.49. The predicted molar refractivity (Wildman–Crippen MR) is 74.0 cm³/mol. The van der Waals surface area contributed by atoms with Gasteiger partial charge in [0.25, 0.3) is 0 Å². The SMILES string of the molecule is CCOP(=S)(OCC)Oc1cccc(/C=N\O)c1. The maximum Gasteiger partial charge on any atom is 0.380 e. The minimum absolute atomic E-state index is 0.426. The molecule has 0 amide bonds. The van der Waals surface area contributed by atoms with Gasteiger partial charge >= 0.3 is 6.72 Å². The summed E-state index contributed by atoms with van der Waals surface area (Å²) in [4.78, 5) is 0. The van der Waals surface area contributed by atoms with Crippen LogP contribution in [0.25, 0.3) is 0 Å². The molecule has 0 aliphatic carbocycles. The average molecular weight is 289 g/mol. The van der Waals surface area contributed by atoms with Gasteiger partial charge in [-0.05, 0) is 31.5 Å². The molecule has 0 saturated carbocycles. The lowest BCUT2D eigenvalue weighted by Crippen LogP contribution is -2.02. The van der Waals surface area contributed by atoms with Gasteiger partial charge in [0.1, 0.15) is 5.75 Å². The van der Waals surface area contributed by atoms with Crippen molar-refractivity contribution in [2.24, 2.45) is 5.16 Å². The third-order valence-corrected chi connectivity index (χ3v) is 4.30. The smallest absolute Gasteiger partial charge is 0.380 e. The van der Waals surface area contributed by atoms with Crippen LogP contribution in [0, 0.1) is 0 Å². The molecule has 100 valence electrons. The van der Waals surface area contributed by atoms with Crippen molar-refractivity contribution < 1.29 is 18.8 Å². The lowest BCUT2D eigenvalue weighted by molar-refractivity contribution is 0.218. The van der Waals surface area contributed by atoms with Crippen LogP contribution in [0.5, 0.6) is 5.75 Å². The Morgan fingerprint density at radius 3 is 2.56 bits per heavy atom. The first kappa shape index (κ1) is 15.1. The van der Waals surface area contributed by atoms with E-state index in [0.29, 0.717) is 24.5 Å². The second-order valence-corrected chi connectivity index (χ2v) is 6.13. The molecule has 1 rings (SSSR count). The summed E-state index contributed by atoms with van der Waals surface area (Å²) in [6.07, 6.45) is 1.30. The first-order chi connectivity index (χ1) is 8.63. The van der Waals surface area contributed by atoms with Crippen LogP contribution in [0.4, 0.5) is 0 Å². The molecule has 0 aliphatic rings. The summed E-state index contributed by atoms with van der Waals surface area (Å²) in [5.74, 6) is 0.526. The van der Waals surface area contributed by atoms with E-state index in [2.05, 4.69) is 5.16 Å². The van der Waals surface area contributed by atoms with E-state index in [4.69, 9.17) is 30.6 Å². The van der Waals surface area contributed by atoms with E-state index in [1.165, 1.54) is 6.21 Å². The highest BCUT2D eigenvalue weighted by molar-refractivity contribution is 8.07. The molecule has 0 spiro atoms. The largest absolute Gasteiger partial charge is 0.424 e. The van der Waals surface area contributed by atoms with Crippen molar-refractivity contribution in [1.82, 2.24) is 0 Å². The third kappa shape index (κ3) is 4.74.